The third-order valence-electron chi connectivity index (χ3n) is 5.33. The summed E-state index contributed by atoms with van der Waals surface area (Å²) in [5, 5.41) is 15.4. The standard InChI is InChI=1S/C25H41N3O5/c1-8-10-15-26-22(30)21(19-14-12-11-13-17(19)3)28(18(4)9-2)23(31)20(16-29)27-24(32)33-25(5,6)7/h11-14,18,20-21,29H,8-10,15-16H2,1-7H3,(H,26,30)(H,27,32). The number of benzene rings is 1. The first-order valence-corrected chi connectivity index (χ1v) is 11.7. The highest BCUT2D eigenvalue weighted by Crippen LogP contribution is 2.28. The molecule has 8 nitrogen and oxygen atoms in total. The van der Waals surface area contributed by atoms with Gasteiger partial charge < -0.3 is 25.4 Å². The molecule has 0 aromatic heterocycles. The third-order valence-corrected chi connectivity index (χ3v) is 5.33. The molecule has 186 valence electrons. The van der Waals surface area contributed by atoms with Gasteiger partial charge in [-0.3, -0.25) is 9.59 Å². The highest BCUT2D eigenvalue weighted by Gasteiger charge is 2.38. The number of carbonyl (C=O) groups excluding carboxylic acids is 3. The van der Waals surface area contributed by atoms with Gasteiger partial charge >= 0.3 is 6.09 Å². The fraction of sp³-hybridized carbons (Fsp3) is 0.640. The van der Waals surface area contributed by atoms with Gasteiger partial charge in [-0.1, -0.05) is 44.5 Å². The molecule has 1 aromatic carbocycles. The Labute approximate surface area is 198 Å². The fourth-order valence-corrected chi connectivity index (χ4v) is 3.41. The summed E-state index contributed by atoms with van der Waals surface area (Å²) in [6.45, 7) is 12.7. The summed E-state index contributed by atoms with van der Waals surface area (Å²) in [7, 11) is 0. The molecular formula is C25H41N3O5. The van der Waals surface area contributed by atoms with Gasteiger partial charge in [0.05, 0.1) is 6.61 Å². The first-order valence-electron chi connectivity index (χ1n) is 11.7. The van der Waals surface area contributed by atoms with E-state index >= 15 is 0 Å². The molecule has 8 heteroatoms. The minimum Gasteiger partial charge on any atom is -0.444 e. The molecule has 1 aromatic rings. The van der Waals surface area contributed by atoms with Crippen LogP contribution in [-0.4, -0.2) is 58.8 Å². The molecule has 3 atom stereocenters. The molecule has 0 saturated heterocycles. The lowest BCUT2D eigenvalue weighted by Crippen LogP contribution is -2.56. The Morgan fingerprint density at radius 2 is 1.79 bits per heavy atom. The van der Waals surface area contributed by atoms with Gasteiger partial charge in [0.1, 0.15) is 17.7 Å². The molecule has 1 rings (SSSR count). The lowest BCUT2D eigenvalue weighted by atomic mass is 9.96. The summed E-state index contributed by atoms with van der Waals surface area (Å²) in [5.74, 6) is -0.836. The number of hydrogen-bond donors (Lipinski definition) is 3. The number of hydrogen-bond acceptors (Lipinski definition) is 5. The first kappa shape index (κ1) is 28.4. The largest absolute Gasteiger partial charge is 0.444 e. The normalized spacial score (nSPS) is 14.1. The monoisotopic (exact) mass is 463 g/mol. The quantitative estimate of drug-likeness (QED) is 0.436. The predicted molar refractivity (Wildman–Crippen MR) is 129 cm³/mol. The number of aliphatic hydroxyl groups is 1. The molecule has 0 heterocycles. The van der Waals surface area contributed by atoms with Crippen molar-refractivity contribution in [2.45, 2.75) is 91.5 Å². The van der Waals surface area contributed by atoms with Crippen LogP contribution < -0.4 is 10.6 Å². The molecule has 0 aliphatic heterocycles. The van der Waals surface area contributed by atoms with Gasteiger partial charge in [0.2, 0.25) is 11.8 Å². The van der Waals surface area contributed by atoms with Crippen LogP contribution in [0.4, 0.5) is 4.79 Å². The van der Waals surface area contributed by atoms with Gasteiger partial charge in [-0.2, -0.15) is 0 Å². The molecule has 0 aliphatic rings. The van der Waals surface area contributed by atoms with Gasteiger partial charge in [0, 0.05) is 12.6 Å². The number of alkyl carbamates (subject to hydrolysis) is 1. The zero-order chi connectivity index (χ0) is 25.2. The average Bonchev–Trinajstić information content (AvgIpc) is 2.74. The van der Waals surface area contributed by atoms with Crippen molar-refractivity contribution in [3.63, 3.8) is 0 Å². The highest BCUT2D eigenvalue weighted by atomic mass is 16.6. The van der Waals surface area contributed by atoms with Crippen LogP contribution in [0.15, 0.2) is 24.3 Å². The molecular weight excluding hydrogens is 422 g/mol. The van der Waals surface area contributed by atoms with Crippen LogP contribution in [0.1, 0.15) is 78.0 Å². The number of aliphatic hydroxyl groups excluding tert-OH is 1. The van der Waals surface area contributed by atoms with Crippen molar-refractivity contribution in [3.8, 4) is 0 Å². The third kappa shape index (κ3) is 8.68. The SMILES string of the molecule is CCCCNC(=O)C(c1ccccc1C)N(C(=O)C(CO)NC(=O)OC(C)(C)C)C(C)CC. The van der Waals surface area contributed by atoms with Crippen molar-refractivity contribution in [2.24, 2.45) is 0 Å². The summed E-state index contributed by atoms with van der Waals surface area (Å²) in [4.78, 5) is 40.8. The molecule has 3 N–H and O–H groups in total. The highest BCUT2D eigenvalue weighted by molar-refractivity contribution is 5.92. The van der Waals surface area contributed by atoms with E-state index in [-0.39, 0.29) is 11.9 Å². The Kier molecular flexibility index (Phi) is 11.4. The van der Waals surface area contributed by atoms with Gasteiger partial charge in [-0.25, -0.2) is 4.79 Å². The minimum absolute atomic E-state index is 0.291. The predicted octanol–water partition coefficient (Wildman–Crippen LogP) is 3.47. The molecule has 0 saturated carbocycles. The van der Waals surface area contributed by atoms with Crippen LogP contribution in [0, 0.1) is 6.92 Å². The van der Waals surface area contributed by atoms with Crippen LogP contribution in [0.5, 0.6) is 0 Å². The number of amides is 3. The number of unbranched alkanes of at least 4 members (excludes halogenated alkanes) is 1. The van der Waals surface area contributed by atoms with E-state index < -0.39 is 36.3 Å². The lowest BCUT2D eigenvalue weighted by Gasteiger charge is -2.38. The Balaban J connectivity index is 3.38. The van der Waals surface area contributed by atoms with E-state index in [2.05, 4.69) is 10.6 Å². The maximum Gasteiger partial charge on any atom is 0.408 e. The zero-order valence-corrected chi connectivity index (χ0v) is 21.1. The smallest absolute Gasteiger partial charge is 0.408 e. The topological polar surface area (TPSA) is 108 Å². The number of ether oxygens (including phenoxy) is 1. The van der Waals surface area contributed by atoms with E-state index in [1.165, 1.54) is 4.90 Å². The van der Waals surface area contributed by atoms with Crippen molar-refractivity contribution < 1.29 is 24.2 Å². The fourth-order valence-electron chi connectivity index (χ4n) is 3.41. The molecule has 0 radical (unpaired) electrons. The van der Waals surface area contributed by atoms with E-state index in [1.807, 2.05) is 52.0 Å². The first-order chi connectivity index (χ1) is 15.5. The van der Waals surface area contributed by atoms with Crippen molar-refractivity contribution in [2.75, 3.05) is 13.2 Å². The molecule has 0 fully saturated rings. The lowest BCUT2D eigenvalue weighted by molar-refractivity contribution is -0.145. The number of carbonyl (C=O) groups is 3. The Bertz CT molecular complexity index is 790. The van der Waals surface area contributed by atoms with E-state index in [0.717, 1.165) is 18.4 Å². The number of aryl methyl sites for hydroxylation is 1. The average molecular weight is 464 g/mol. The Morgan fingerprint density at radius 3 is 2.30 bits per heavy atom. The number of nitrogens with one attached hydrogen (secondary N) is 2. The molecule has 0 bridgehead atoms. The van der Waals surface area contributed by atoms with Crippen molar-refractivity contribution in [1.29, 1.82) is 0 Å². The summed E-state index contributed by atoms with van der Waals surface area (Å²) in [6.07, 6.45) is 1.53. The molecule has 3 amide bonds. The molecule has 0 aliphatic carbocycles. The van der Waals surface area contributed by atoms with Crippen LogP contribution >= 0.6 is 0 Å². The maximum atomic E-state index is 13.7. The Morgan fingerprint density at radius 1 is 1.15 bits per heavy atom. The van der Waals surface area contributed by atoms with E-state index in [0.29, 0.717) is 18.5 Å². The van der Waals surface area contributed by atoms with E-state index in [1.54, 1.807) is 20.8 Å². The van der Waals surface area contributed by atoms with Crippen molar-refractivity contribution in [1.82, 2.24) is 15.5 Å². The Hall–Kier alpha value is -2.61. The van der Waals surface area contributed by atoms with E-state index in [9.17, 15) is 19.5 Å². The van der Waals surface area contributed by atoms with E-state index in [4.69, 9.17) is 4.74 Å². The second-order valence-electron chi connectivity index (χ2n) is 9.29. The van der Waals surface area contributed by atoms with Crippen molar-refractivity contribution in [3.05, 3.63) is 35.4 Å². The van der Waals surface area contributed by atoms with Gasteiger partial charge in [0.15, 0.2) is 0 Å². The second-order valence-corrected chi connectivity index (χ2v) is 9.29. The molecule has 0 spiro atoms. The number of rotatable bonds is 11. The molecule has 33 heavy (non-hydrogen) atoms. The summed E-state index contributed by atoms with van der Waals surface area (Å²) in [5.41, 5.74) is 0.816. The maximum absolute atomic E-state index is 13.7. The summed E-state index contributed by atoms with van der Waals surface area (Å²) in [6, 6.07) is 4.95. The zero-order valence-electron chi connectivity index (χ0n) is 21.1. The van der Waals surface area contributed by atoms with Crippen LogP contribution in [0.25, 0.3) is 0 Å². The molecule has 3 unspecified atom stereocenters. The van der Waals surface area contributed by atoms with Crippen LogP contribution in [0.3, 0.4) is 0 Å². The van der Waals surface area contributed by atoms with Crippen molar-refractivity contribution >= 4 is 17.9 Å². The second kappa shape index (κ2) is 13.2. The van der Waals surface area contributed by atoms with Crippen LogP contribution in [-0.2, 0) is 14.3 Å². The van der Waals surface area contributed by atoms with Gasteiger partial charge in [0.25, 0.3) is 0 Å². The van der Waals surface area contributed by atoms with Gasteiger partial charge in [-0.15, -0.1) is 0 Å². The van der Waals surface area contributed by atoms with Crippen LogP contribution in [0.2, 0.25) is 0 Å². The van der Waals surface area contributed by atoms with Gasteiger partial charge in [-0.05, 0) is 58.6 Å². The summed E-state index contributed by atoms with van der Waals surface area (Å²) >= 11 is 0. The number of nitrogens with zero attached hydrogens (tertiary/aromatic N) is 1. The minimum atomic E-state index is -1.25. The summed E-state index contributed by atoms with van der Waals surface area (Å²) < 4.78 is 5.25.